The second kappa shape index (κ2) is 11.7. The van der Waals surface area contributed by atoms with Crippen LogP contribution in [0.1, 0.15) is 48.1 Å². The minimum Gasteiger partial charge on any atom is -0.469 e. The maximum atomic E-state index is 14.0. The summed E-state index contributed by atoms with van der Waals surface area (Å²) in [5.74, 6) is 0.0191. The van der Waals surface area contributed by atoms with Gasteiger partial charge in [0.15, 0.2) is 0 Å². The third-order valence-electron chi connectivity index (χ3n) is 5.61. The van der Waals surface area contributed by atoms with E-state index in [0.29, 0.717) is 5.75 Å². The number of benzene rings is 3. The maximum absolute atomic E-state index is 14.0. The van der Waals surface area contributed by atoms with Gasteiger partial charge in [-0.3, -0.25) is 13.8 Å². The summed E-state index contributed by atoms with van der Waals surface area (Å²) in [6.07, 6.45) is 0.129. The Morgan fingerprint density at radius 1 is 0.857 bits per heavy atom. The molecule has 0 heterocycles. The molecule has 0 saturated carbocycles. The van der Waals surface area contributed by atoms with Crippen molar-refractivity contribution >= 4 is 13.8 Å². The first kappa shape index (κ1) is 26.7. The minimum atomic E-state index is -4.07. The number of aryl methyl sites for hydroxylation is 2. The van der Waals surface area contributed by atoms with Gasteiger partial charge in [-0.25, -0.2) is 4.57 Å². The van der Waals surface area contributed by atoms with Crippen molar-refractivity contribution in [3.05, 3.63) is 101 Å². The Labute approximate surface area is 207 Å². The standard InChI is InChI=1S/C28H33O6P/c1-21-16-22(2)27(28(3,4)18-26(29)31-5)25(17-21)34-35(30,32-19-23-12-8-6-9-13-23)33-20-24-14-10-7-11-15-24/h6-17H,18-20H2,1-5H3. The first-order chi connectivity index (χ1) is 16.6. The average molecular weight is 497 g/mol. The number of carbonyl (C=O) groups is 1. The van der Waals surface area contributed by atoms with Gasteiger partial charge in [-0.05, 0) is 42.2 Å². The molecule has 0 radical (unpaired) electrons. The molecule has 3 rings (SSSR count). The number of hydrogen-bond acceptors (Lipinski definition) is 6. The molecule has 0 aliphatic rings. The van der Waals surface area contributed by atoms with Crippen LogP contribution < -0.4 is 4.52 Å². The molecular formula is C28H33O6P. The van der Waals surface area contributed by atoms with E-state index in [1.54, 1.807) is 6.07 Å². The zero-order valence-electron chi connectivity index (χ0n) is 20.9. The fraction of sp³-hybridized carbons (Fsp3) is 0.321. The lowest BCUT2D eigenvalue weighted by atomic mass is 9.78. The van der Waals surface area contributed by atoms with E-state index in [9.17, 15) is 9.36 Å². The van der Waals surface area contributed by atoms with Crippen LogP contribution in [0.25, 0.3) is 0 Å². The van der Waals surface area contributed by atoms with Crippen LogP contribution in [-0.4, -0.2) is 13.1 Å². The van der Waals surface area contributed by atoms with E-state index in [4.69, 9.17) is 18.3 Å². The summed E-state index contributed by atoms with van der Waals surface area (Å²) in [5, 5.41) is 0. The van der Waals surface area contributed by atoms with Gasteiger partial charge >= 0.3 is 13.8 Å². The number of esters is 1. The molecule has 0 N–H and O–H groups in total. The molecular weight excluding hydrogens is 463 g/mol. The van der Waals surface area contributed by atoms with Crippen molar-refractivity contribution in [3.8, 4) is 5.75 Å². The molecule has 35 heavy (non-hydrogen) atoms. The molecule has 0 fully saturated rings. The van der Waals surface area contributed by atoms with E-state index in [-0.39, 0.29) is 25.6 Å². The topological polar surface area (TPSA) is 71.1 Å². The lowest BCUT2D eigenvalue weighted by Crippen LogP contribution is -2.25. The zero-order chi connectivity index (χ0) is 25.5. The molecule has 0 aliphatic carbocycles. The Morgan fingerprint density at radius 3 is 1.86 bits per heavy atom. The van der Waals surface area contributed by atoms with Gasteiger partial charge in [0.05, 0.1) is 26.7 Å². The number of rotatable bonds is 11. The second-order valence-corrected chi connectivity index (χ2v) is 10.7. The molecule has 3 aromatic carbocycles. The highest BCUT2D eigenvalue weighted by atomic mass is 31.2. The van der Waals surface area contributed by atoms with Gasteiger partial charge in [-0.15, -0.1) is 0 Å². The normalized spacial score (nSPS) is 11.8. The molecule has 0 amide bonds. The third kappa shape index (κ3) is 7.53. The van der Waals surface area contributed by atoms with Crippen molar-refractivity contribution in [2.45, 2.75) is 52.7 Å². The number of hydrogen-bond donors (Lipinski definition) is 0. The summed E-state index contributed by atoms with van der Waals surface area (Å²) < 4.78 is 36.6. The molecule has 0 spiro atoms. The minimum absolute atomic E-state index is 0.0542. The summed E-state index contributed by atoms with van der Waals surface area (Å²) in [6, 6.07) is 22.6. The molecule has 6 nitrogen and oxygen atoms in total. The van der Waals surface area contributed by atoms with Crippen molar-refractivity contribution in [3.63, 3.8) is 0 Å². The molecule has 0 saturated heterocycles. The molecule has 3 aromatic rings. The van der Waals surface area contributed by atoms with Crippen LogP contribution in [-0.2, 0) is 41.8 Å². The Morgan fingerprint density at radius 2 is 1.37 bits per heavy atom. The van der Waals surface area contributed by atoms with Crippen LogP contribution in [0.3, 0.4) is 0 Å². The highest BCUT2D eigenvalue weighted by Gasteiger charge is 2.35. The van der Waals surface area contributed by atoms with Crippen molar-refractivity contribution in [1.29, 1.82) is 0 Å². The zero-order valence-corrected chi connectivity index (χ0v) is 21.8. The van der Waals surface area contributed by atoms with E-state index in [2.05, 4.69) is 0 Å². The molecule has 0 bridgehead atoms. The van der Waals surface area contributed by atoms with Crippen LogP contribution >= 0.6 is 7.82 Å². The molecule has 7 heteroatoms. The van der Waals surface area contributed by atoms with Crippen LogP contribution in [0.5, 0.6) is 5.75 Å². The highest BCUT2D eigenvalue weighted by Crippen LogP contribution is 2.53. The van der Waals surface area contributed by atoms with E-state index < -0.39 is 13.2 Å². The van der Waals surface area contributed by atoms with Crippen LogP contribution in [0.2, 0.25) is 0 Å². The maximum Gasteiger partial charge on any atom is 0.530 e. The van der Waals surface area contributed by atoms with Crippen LogP contribution in [0, 0.1) is 13.8 Å². The van der Waals surface area contributed by atoms with Gasteiger partial charge in [-0.1, -0.05) is 80.6 Å². The second-order valence-electron chi connectivity index (χ2n) is 9.15. The lowest BCUT2D eigenvalue weighted by molar-refractivity contribution is -0.141. The summed E-state index contributed by atoms with van der Waals surface area (Å²) in [7, 11) is -2.70. The average Bonchev–Trinajstić information content (AvgIpc) is 2.82. The first-order valence-corrected chi connectivity index (χ1v) is 12.9. The third-order valence-corrected chi connectivity index (χ3v) is 6.92. The number of ether oxygens (including phenoxy) is 1. The van der Waals surface area contributed by atoms with Crippen molar-refractivity contribution in [2.24, 2.45) is 0 Å². The number of carbonyl (C=O) groups excluding carboxylic acids is 1. The largest absolute Gasteiger partial charge is 0.530 e. The van der Waals surface area contributed by atoms with Crippen molar-refractivity contribution in [1.82, 2.24) is 0 Å². The molecule has 0 aliphatic heterocycles. The molecule has 0 aromatic heterocycles. The van der Waals surface area contributed by atoms with E-state index in [0.717, 1.165) is 27.8 Å². The molecule has 186 valence electrons. The fourth-order valence-corrected chi connectivity index (χ4v) is 5.23. The van der Waals surface area contributed by atoms with E-state index in [1.165, 1.54) is 7.11 Å². The van der Waals surface area contributed by atoms with E-state index >= 15 is 0 Å². The van der Waals surface area contributed by atoms with Gasteiger partial charge < -0.3 is 9.26 Å². The molecule has 0 atom stereocenters. The van der Waals surface area contributed by atoms with Crippen molar-refractivity contribution < 1.29 is 27.7 Å². The predicted molar refractivity (Wildman–Crippen MR) is 136 cm³/mol. The number of phosphoric acid groups is 1. The Kier molecular flexibility index (Phi) is 8.90. The predicted octanol–water partition coefficient (Wildman–Crippen LogP) is 7.06. The van der Waals surface area contributed by atoms with Gasteiger partial charge in [0.25, 0.3) is 0 Å². The SMILES string of the molecule is COC(=O)CC(C)(C)c1c(C)cc(C)cc1OP(=O)(OCc1ccccc1)OCc1ccccc1. The monoisotopic (exact) mass is 496 g/mol. The van der Waals surface area contributed by atoms with Crippen LogP contribution in [0.4, 0.5) is 0 Å². The van der Waals surface area contributed by atoms with Crippen LogP contribution in [0.15, 0.2) is 72.8 Å². The van der Waals surface area contributed by atoms with Gasteiger partial charge in [0.1, 0.15) is 5.75 Å². The Bertz CT molecular complexity index is 1130. The lowest BCUT2D eigenvalue weighted by Gasteiger charge is -2.30. The Hall–Kier alpha value is -2.92. The smallest absolute Gasteiger partial charge is 0.469 e. The first-order valence-electron chi connectivity index (χ1n) is 11.5. The van der Waals surface area contributed by atoms with Crippen molar-refractivity contribution in [2.75, 3.05) is 7.11 Å². The fourth-order valence-electron chi connectivity index (χ4n) is 4.06. The number of phosphoric ester groups is 1. The van der Waals surface area contributed by atoms with Gasteiger partial charge in [0, 0.05) is 11.0 Å². The summed E-state index contributed by atoms with van der Waals surface area (Å²) in [5.41, 5.74) is 3.61. The van der Waals surface area contributed by atoms with E-state index in [1.807, 2.05) is 94.4 Å². The number of methoxy groups -OCH3 is 1. The summed E-state index contributed by atoms with van der Waals surface area (Å²) in [4.78, 5) is 12.1. The van der Waals surface area contributed by atoms with Gasteiger partial charge in [0.2, 0.25) is 0 Å². The quantitative estimate of drug-likeness (QED) is 0.209. The summed E-state index contributed by atoms with van der Waals surface area (Å²) in [6.45, 7) is 7.83. The molecule has 0 unspecified atom stereocenters. The van der Waals surface area contributed by atoms with Gasteiger partial charge in [-0.2, -0.15) is 0 Å². The Balaban J connectivity index is 1.96. The highest BCUT2D eigenvalue weighted by molar-refractivity contribution is 7.48. The summed E-state index contributed by atoms with van der Waals surface area (Å²) >= 11 is 0.